The van der Waals surface area contributed by atoms with E-state index < -0.39 is 0 Å². The summed E-state index contributed by atoms with van der Waals surface area (Å²) in [7, 11) is 0. The number of nitrogens with zero attached hydrogens (tertiary/aromatic N) is 2. The number of carbonyl (C=O) groups excluding carboxylic acids is 1. The second-order valence-corrected chi connectivity index (χ2v) is 7.16. The van der Waals surface area contributed by atoms with E-state index in [4.69, 9.17) is 14.7 Å². The minimum absolute atomic E-state index is 0.00827. The van der Waals surface area contributed by atoms with Crippen LogP contribution in [0.15, 0.2) is 48.5 Å². The van der Waals surface area contributed by atoms with Crippen molar-refractivity contribution in [1.29, 1.82) is 5.26 Å². The molecule has 0 atom stereocenters. The summed E-state index contributed by atoms with van der Waals surface area (Å²) in [6, 6.07) is 15.4. The molecule has 4 rings (SSSR count). The van der Waals surface area contributed by atoms with Crippen molar-refractivity contribution in [3.05, 3.63) is 65.2 Å². The first-order valence-corrected chi connectivity index (χ1v) is 9.60. The quantitative estimate of drug-likeness (QED) is 0.733. The molecular weight excluding hydrogens is 352 g/mol. The van der Waals surface area contributed by atoms with E-state index in [1.807, 2.05) is 41.3 Å². The monoisotopic (exact) mass is 374 g/mol. The van der Waals surface area contributed by atoms with Crippen molar-refractivity contribution in [1.82, 2.24) is 4.90 Å². The van der Waals surface area contributed by atoms with Crippen LogP contribution in [0.4, 0.5) is 0 Å². The Balaban J connectivity index is 1.51. The van der Waals surface area contributed by atoms with E-state index in [9.17, 15) is 4.79 Å². The van der Waals surface area contributed by atoms with Crippen LogP contribution in [0, 0.1) is 11.3 Å². The molecule has 142 valence electrons. The van der Waals surface area contributed by atoms with Gasteiger partial charge in [-0.05, 0) is 54.3 Å². The van der Waals surface area contributed by atoms with Gasteiger partial charge in [0, 0.05) is 18.7 Å². The number of amides is 1. The van der Waals surface area contributed by atoms with E-state index in [1.54, 1.807) is 18.2 Å². The average Bonchev–Trinajstić information content (AvgIpc) is 3.42. The van der Waals surface area contributed by atoms with Crippen LogP contribution in [-0.4, -0.2) is 23.6 Å². The summed E-state index contributed by atoms with van der Waals surface area (Å²) in [6.45, 7) is 0.801. The summed E-state index contributed by atoms with van der Waals surface area (Å²) in [6.07, 6.45) is 7.85. The Labute approximate surface area is 164 Å². The van der Waals surface area contributed by atoms with Gasteiger partial charge in [-0.25, -0.2) is 0 Å². The lowest BCUT2D eigenvalue weighted by atomic mass is 10.1. The predicted octanol–water partition coefficient (Wildman–Crippen LogP) is 4.27. The Morgan fingerprint density at radius 2 is 1.86 bits per heavy atom. The number of hydrogen-bond donors (Lipinski definition) is 0. The van der Waals surface area contributed by atoms with Gasteiger partial charge in [0.2, 0.25) is 12.7 Å². The van der Waals surface area contributed by atoms with Gasteiger partial charge in [0.1, 0.15) is 0 Å². The molecule has 1 aliphatic carbocycles. The van der Waals surface area contributed by atoms with E-state index >= 15 is 0 Å². The van der Waals surface area contributed by atoms with Crippen LogP contribution in [0.25, 0.3) is 6.08 Å². The first kappa shape index (κ1) is 18.1. The van der Waals surface area contributed by atoms with Crippen molar-refractivity contribution < 1.29 is 14.3 Å². The summed E-state index contributed by atoms with van der Waals surface area (Å²) < 4.78 is 10.8. The molecule has 2 aromatic rings. The van der Waals surface area contributed by atoms with Gasteiger partial charge in [-0.2, -0.15) is 5.26 Å². The lowest BCUT2D eigenvalue weighted by molar-refractivity contribution is -0.128. The molecule has 5 heteroatoms. The third-order valence-corrected chi connectivity index (χ3v) is 5.30. The molecule has 1 fully saturated rings. The highest BCUT2D eigenvalue weighted by Gasteiger charge is 2.26. The lowest BCUT2D eigenvalue weighted by Crippen LogP contribution is -2.37. The molecule has 0 bridgehead atoms. The van der Waals surface area contributed by atoms with Crippen LogP contribution in [0.1, 0.15) is 42.4 Å². The van der Waals surface area contributed by atoms with Gasteiger partial charge in [0.15, 0.2) is 11.5 Å². The smallest absolute Gasteiger partial charge is 0.247 e. The number of fused-ring (bicyclic) bond motifs is 1. The summed E-state index contributed by atoms with van der Waals surface area (Å²) in [5.41, 5.74) is 2.55. The fraction of sp³-hybridized carbons (Fsp3) is 0.304. The van der Waals surface area contributed by atoms with Crippen molar-refractivity contribution >= 4 is 12.0 Å². The van der Waals surface area contributed by atoms with E-state index in [1.165, 1.54) is 0 Å². The molecule has 1 aliphatic heterocycles. The van der Waals surface area contributed by atoms with Gasteiger partial charge in [-0.3, -0.25) is 4.79 Å². The molecule has 1 saturated carbocycles. The van der Waals surface area contributed by atoms with Crippen molar-refractivity contribution in [2.45, 2.75) is 38.3 Å². The van der Waals surface area contributed by atoms with E-state index in [-0.39, 0.29) is 18.7 Å². The van der Waals surface area contributed by atoms with Crippen molar-refractivity contribution in [2.75, 3.05) is 6.79 Å². The molecule has 2 aliphatic rings. The SMILES string of the molecule is N#Cc1ccc(/C=C/C(=O)N(Cc2ccc3c(c2)OCO3)C2CCCC2)cc1. The first-order chi connectivity index (χ1) is 13.7. The highest BCUT2D eigenvalue weighted by Crippen LogP contribution is 2.33. The average molecular weight is 374 g/mol. The van der Waals surface area contributed by atoms with E-state index in [0.29, 0.717) is 12.1 Å². The minimum atomic E-state index is 0.00827. The molecular formula is C23H22N2O3. The second kappa shape index (κ2) is 8.18. The third-order valence-electron chi connectivity index (χ3n) is 5.30. The maximum atomic E-state index is 13.0. The molecule has 0 saturated heterocycles. The predicted molar refractivity (Wildman–Crippen MR) is 106 cm³/mol. The maximum Gasteiger partial charge on any atom is 0.247 e. The van der Waals surface area contributed by atoms with Crippen LogP contribution in [0.2, 0.25) is 0 Å². The minimum Gasteiger partial charge on any atom is -0.454 e. The highest BCUT2D eigenvalue weighted by atomic mass is 16.7. The van der Waals surface area contributed by atoms with Gasteiger partial charge < -0.3 is 14.4 Å². The molecule has 0 unspecified atom stereocenters. The number of benzene rings is 2. The molecule has 1 heterocycles. The Kier molecular flexibility index (Phi) is 5.29. The van der Waals surface area contributed by atoms with Gasteiger partial charge in [0.05, 0.1) is 11.6 Å². The molecule has 0 aromatic heterocycles. The molecule has 2 aromatic carbocycles. The summed E-state index contributed by atoms with van der Waals surface area (Å²) in [4.78, 5) is 15.0. The van der Waals surface area contributed by atoms with Crippen LogP contribution in [0.5, 0.6) is 11.5 Å². The Morgan fingerprint density at radius 1 is 1.11 bits per heavy atom. The van der Waals surface area contributed by atoms with Crippen molar-refractivity contribution in [2.24, 2.45) is 0 Å². The van der Waals surface area contributed by atoms with Gasteiger partial charge >= 0.3 is 0 Å². The fourth-order valence-corrected chi connectivity index (χ4v) is 3.77. The first-order valence-electron chi connectivity index (χ1n) is 9.60. The molecule has 0 radical (unpaired) electrons. The van der Waals surface area contributed by atoms with Gasteiger partial charge in [-0.15, -0.1) is 0 Å². The van der Waals surface area contributed by atoms with Gasteiger partial charge in [-0.1, -0.05) is 31.0 Å². The van der Waals surface area contributed by atoms with Crippen molar-refractivity contribution in [3.63, 3.8) is 0 Å². The van der Waals surface area contributed by atoms with E-state index in [2.05, 4.69) is 6.07 Å². The number of ether oxygens (including phenoxy) is 2. The van der Waals surface area contributed by atoms with Gasteiger partial charge in [0.25, 0.3) is 0 Å². The maximum absolute atomic E-state index is 13.0. The van der Waals surface area contributed by atoms with Crippen LogP contribution >= 0.6 is 0 Å². The fourth-order valence-electron chi connectivity index (χ4n) is 3.77. The zero-order valence-electron chi connectivity index (χ0n) is 15.6. The van der Waals surface area contributed by atoms with Crippen LogP contribution < -0.4 is 9.47 Å². The summed E-state index contributed by atoms with van der Waals surface area (Å²) >= 11 is 0. The molecule has 0 spiro atoms. The van der Waals surface area contributed by atoms with Crippen LogP contribution in [0.3, 0.4) is 0 Å². The van der Waals surface area contributed by atoms with Crippen molar-refractivity contribution in [3.8, 4) is 17.6 Å². The van der Waals surface area contributed by atoms with Crippen LogP contribution in [-0.2, 0) is 11.3 Å². The normalized spacial score (nSPS) is 15.7. The largest absolute Gasteiger partial charge is 0.454 e. The number of rotatable bonds is 5. The molecule has 1 amide bonds. The zero-order chi connectivity index (χ0) is 19.3. The summed E-state index contributed by atoms with van der Waals surface area (Å²) in [5, 5.41) is 8.89. The topological polar surface area (TPSA) is 62.6 Å². The highest BCUT2D eigenvalue weighted by molar-refractivity contribution is 5.92. The lowest BCUT2D eigenvalue weighted by Gasteiger charge is -2.28. The summed E-state index contributed by atoms with van der Waals surface area (Å²) in [5.74, 6) is 1.50. The zero-order valence-corrected chi connectivity index (χ0v) is 15.6. The molecule has 5 nitrogen and oxygen atoms in total. The number of hydrogen-bond acceptors (Lipinski definition) is 4. The number of nitriles is 1. The molecule has 0 N–H and O–H groups in total. The second-order valence-electron chi connectivity index (χ2n) is 7.16. The Hall–Kier alpha value is -3.26. The van der Waals surface area contributed by atoms with E-state index in [0.717, 1.165) is 48.3 Å². The molecule has 28 heavy (non-hydrogen) atoms. The number of carbonyl (C=O) groups is 1. The third kappa shape index (κ3) is 4.01. The Morgan fingerprint density at radius 3 is 2.61 bits per heavy atom. The Bertz CT molecular complexity index is 922. The standard InChI is InChI=1S/C23H22N2O3/c24-14-18-7-5-17(6-8-18)10-12-23(26)25(20-3-1-2-4-20)15-19-9-11-21-22(13-19)28-16-27-21/h5-13,20H,1-4,15-16H2/b12-10+.